The van der Waals surface area contributed by atoms with Crippen LogP contribution in [0, 0.1) is 5.92 Å². The van der Waals surface area contributed by atoms with Crippen LogP contribution in [0.4, 0.5) is 0 Å². The fourth-order valence-electron chi connectivity index (χ4n) is 5.04. The van der Waals surface area contributed by atoms with Gasteiger partial charge in [-0.25, -0.2) is 0 Å². The second kappa shape index (κ2) is 23.1. The van der Waals surface area contributed by atoms with Crippen molar-refractivity contribution in [3.63, 3.8) is 0 Å². The van der Waals surface area contributed by atoms with Gasteiger partial charge in [0, 0.05) is 6.54 Å². The van der Waals surface area contributed by atoms with Crippen LogP contribution in [-0.4, -0.2) is 24.4 Å². The molecule has 2 unspecified atom stereocenters. The van der Waals surface area contributed by atoms with Crippen LogP contribution in [0.15, 0.2) is 29.6 Å². The van der Waals surface area contributed by atoms with Gasteiger partial charge < -0.3 is 10.6 Å². The summed E-state index contributed by atoms with van der Waals surface area (Å²) in [5, 5.41) is 12.2. The molecule has 0 aromatic rings. The first-order valence-electron chi connectivity index (χ1n) is 15.9. The lowest BCUT2D eigenvalue weighted by molar-refractivity contribution is -0.128. The second-order valence-electron chi connectivity index (χ2n) is 11.1. The van der Waals surface area contributed by atoms with Gasteiger partial charge >= 0.3 is 0 Å². The Balaban J connectivity index is 1.53. The fourth-order valence-corrected chi connectivity index (χ4v) is 9.39. The van der Waals surface area contributed by atoms with Crippen molar-refractivity contribution in [2.24, 2.45) is 5.92 Å². The first-order valence-corrected chi connectivity index (χ1v) is 19.4. The van der Waals surface area contributed by atoms with E-state index < -0.39 is 6.04 Å². The van der Waals surface area contributed by atoms with E-state index in [-0.39, 0.29) is 17.7 Å². The molecule has 2 atom stereocenters. The molecule has 0 bridgehead atoms. The van der Waals surface area contributed by atoms with Gasteiger partial charge in [-0.2, -0.15) is 0 Å². The zero-order valence-electron chi connectivity index (χ0n) is 25.3. The molecule has 8 heteroatoms. The Labute approximate surface area is 262 Å². The van der Waals surface area contributed by atoms with E-state index in [0.717, 1.165) is 29.9 Å². The molecule has 2 rings (SSSR count). The molecule has 0 spiro atoms. The summed E-state index contributed by atoms with van der Waals surface area (Å²) >= 11 is 6.51. The van der Waals surface area contributed by atoms with Gasteiger partial charge in [-0.05, 0) is 35.0 Å². The summed E-state index contributed by atoms with van der Waals surface area (Å²) in [7, 11) is 0. The van der Waals surface area contributed by atoms with Crippen LogP contribution in [0.3, 0.4) is 0 Å². The second-order valence-corrected chi connectivity index (χ2v) is 15.4. The summed E-state index contributed by atoms with van der Waals surface area (Å²) < 4.78 is 2.37. The van der Waals surface area contributed by atoms with Crippen LogP contribution in [-0.2, 0) is 9.59 Å². The Morgan fingerprint density at radius 2 is 1.23 bits per heavy atom. The molecule has 0 radical (unpaired) electrons. The summed E-state index contributed by atoms with van der Waals surface area (Å²) in [6.07, 6.45) is 23.4. The molecule has 0 aliphatic carbocycles. The SMILES string of the molecule is CCCCCCCCCCCCCCCCCCNC(=O)C(NC(=O)C1=CSC(=C2SC=CS2)S1)C(C)CCC. The molecule has 2 amide bonds. The van der Waals surface area contributed by atoms with Gasteiger partial charge in [-0.15, -0.1) is 0 Å². The molecule has 2 heterocycles. The summed E-state index contributed by atoms with van der Waals surface area (Å²) in [5.74, 6) is -0.0851. The first kappa shape index (κ1) is 35.8. The van der Waals surface area contributed by atoms with Gasteiger partial charge in [0.15, 0.2) is 0 Å². The van der Waals surface area contributed by atoms with E-state index in [2.05, 4.69) is 42.2 Å². The monoisotopic (exact) mass is 626 g/mol. The van der Waals surface area contributed by atoms with Gasteiger partial charge in [0.1, 0.15) is 6.04 Å². The molecule has 2 N–H and O–H groups in total. The summed E-state index contributed by atoms with van der Waals surface area (Å²) in [6.45, 7) is 7.16. The average Bonchev–Trinajstić information content (AvgIpc) is 3.66. The summed E-state index contributed by atoms with van der Waals surface area (Å²) in [6, 6.07) is -0.492. The fraction of sp³-hybridized carbons (Fsp3) is 0.750. The van der Waals surface area contributed by atoms with Crippen molar-refractivity contribution in [1.29, 1.82) is 0 Å². The van der Waals surface area contributed by atoms with Gasteiger partial charge in [-0.1, -0.05) is 171 Å². The zero-order chi connectivity index (χ0) is 28.8. The minimum atomic E-state index is -0.492. The third kappa shape index (κ3) is 15.2. The number of carbonyl (C=O) groups is 2. The predicted molar refractivity (Wildman–Crippen MR) is 183 cm³/mol. The van der Waals surface area contributed by atoms with E-state index in [9.17, 15) is 9.59 Å². The minimum absolute atomic E-state index is 0.0452. The molecule has 0 aromatic heterocycles. The third-order valence-electron chi connectivity index (χ3n) is 7.48. The Hall–Kier alpha value is -0.440. The largest absolute Gasteiger partial charge is 0.354 e. The number of nitrogens with one attached hydrogen (secondary N) is 2. The molecule has 0 fully saturated rings. The Kier molecular flexibility index (Phi) is 20.6. The highest BCUT2D eigenvalue weighted by molar-refractivity contribution is 8.33. The van der Waals surface area contributed by atoms with E-state index in [4.69, 9.17) is 0 Å². The van der Waals surface area contributed by atoms with Crippen LogP contribution >= 0.6 is 47.0 Å². The topological polar surface area (TPSA) is 58.2 Å². The van der Waals surface area contributed by atoms with Crippen LogP contribution in [0.1, 0.15) is 136 Å². The van der Waals surface area contributed by atoms with E-state index in [1.807, 2.05) is 5.41 Å². The van der Waals surface area contributed by atoms with Crippen molar-refractivity contribution in [2.75, 3.05) is 6.54 Å². The van der Waals surface area contributed by atoms with Crippen LogP contribution in [0.2, 0.25) is 0 Å². The number of hydrogen-bond donors (Lipinski definition) is 2. The molecular weight excluding hydrogens is 573 g/mol. The number of hydrogen-bond acceptors (Lipinski definition) is 6. The van der Waals surface area contributed by atoms with E-state index >= 15 is 0 Å². The lowest BCUT2D eigenvalue weighted by Gasteiger charge is -2.24. The molecule has 2 aliphatic heterocycles. The number of amides is 2. The molecule has 40 heavy (non-hydrogen) atoms. The van der Waals surface area contributed by atoms with Gasteiger partial charge in [-0.3, -0.25) is 9.59 Å². The average molecular weight is 627 g/mol. The van der Waals surface area contributed by atoms with Crippen LogP contribution in [0.25, 0.3) is 0 Å². The molecule has 0 saturated heterocycles. The van der Waals surface area contributed by atoms with E-state index in [1.165, 1.54) is 106 Å². The Morgan fingerprint density at radius 3 is 1.75 bits per heavy atom. The lowest BCUT2D eigenvalue weighted by atomic mass is 9.96. The van der Waals surface area contributed by atoms with Crippen molar-refractivity contribution < 1.29 is 9.59 Å². The van der Waals surface area contributed by atoms with E-state index in [1.54, 1.807) is 35.3 Å². The smallest absolute Gasteiger partial charge is 0.259 e. The maximum absolute atomic E-state index is 13.1. The van der Waals surface area contributed by atoms with Crippen LogP contribution in [0.5, 0.6) is 0 Å². The highest BCUT2D eigenvalue weighted by Gasteiger charge is 2.30. The minimum Gasteiger partial charge on any atom is -0.354 e. The molecule has 4 nitrogen and oxygen atoms in total. The van der Waals surface area contributed by atoms with Gasteiger partial charge in [0.25, 0.3) is 5.91 Å². The number of carbonyl (C=O) groups excluding carboxylic acids is 2. The standard InChI is InChI=1S/C32H54N2O2S4/c1-4-6-7-8-9-10-11-12-13-14-15-16-17-18-19-20-22-33-30(36)28(26(3)21-5-2)34-29(35)27-25-39-32(40-27)31-37-23-24-38-31/h23-26,28H,4-22H2,1-3H3,(H,33,36)(H,34,35). The highest BCUT2D eigenvalue weighted by Crippen LogP contribution is 2.53. The van der Waals surface area contributed by atoms with Crippen molar-refractivity contribution in [2.45, 2.75) is 142 Å². The van der Waals surface area contributed by atoms with Crippen molar-refractivity contribution in [3.05, 3.63) is 29.6 Å². The maximum atomic E-state index is 13.1. The number of unbranched alkanes of at least 4 members (excludes halogenated alkanes) is 15. The molecular formula is C32H54N2O2S4. The normalized spacial score (nSPS) is 16.3. The van der Waals surface area contributed by atoms with E-state index in [0.29, 0.717) is 11.4 Å². The predicted octanol–water partition coefficient (Wildman–Crippen LogP) is 10.7. The first-order chi connectivity index (χ1) is 19.6. The van der Waals surface area contributed by atoms with Gasteiger partial charge in [0.2, 0.25) is 5.91 Å². The molecule has 0 saturated carbocycles. The highest BCUT2D eigenvalue weighted by atomic mass is 32.2. The van der Waals surface area contributed by atoms with Crippen molar-refractivity contribution in [3.8, 4) is 0 Å². The lowest BCUT2D eigenvalue weighted by Crippen LogP contribution is -2.50. The van der Waals surface area contributed by atoms with Crippen LogP contribution < -0.4 is 10.6 Å². The quantitative estimate of drug-likeness (QED) is 0.110. The molecule has 0 aromatic carbocycles. The Bertz CT molecular complexity index is 818. The molecule has 2 aliphatic rings. The molecule has 228 valence electrons. The third-order valence-corrected chi connectivity index (χ3v) is 12.5. The maximum Gasteiger partial charge on any atom is 0.259 e. The zero-order valence-corrected chi connectivity index (χ0v) is 28.5. The summed E-state index contributed by atoms with van der Waals surface area (Å²) in [5.41, 5.74) is 0. The van der Waals surface area contributed by atoms with Crippen molar-refractivity contribution in [1.82, 2.24) is 10.6 Å². The summed E-state index contributed by atoms with van der Waals surface area (Å²) in [4.78, 5) is 26.8. The number of thioether (sulfide) groups is 4. The van der Waals surface area contributed by atoms with Crippen molar-refractivity contribution >= 4 is 58.9 Å². The van der Waals surface area contributed by atoms with Gasteiger partial charge in [0.05, 0.1) is 13.4 Å². The number of rotatable bonds is 23. The Morgan fingerprint density at radius 1 is 0.700 bits per heavy atom.